The predicted octanol–water partition coefficient (Wildman–Crippen LogP) is 1.65. The molecule has 25 heavy (non-hydrogen) atoms. The summed E-state index contributed by atoms with van der Waals surface area (Å²) in [5.74, 6) is -0.202. The second-order valence-electron chi connectivity index (χ2n) is 6.58. The third-order valence-corrected chi connectivity index (χ3v) is 3.19. The number of hydrogen-bond acceptors (Lipinski definition) is 6. The molecule has 7 heteroatoms. The van der Waals surface area contributed by atoms with Crippen LogP contribution < -0.4 is 4.74 Å². The Kier molecular flexibility index (Phi) is 10.3. The van der Waals surface area contributed by atoms with Gasteiger partial charge in [0.1, 0.15) is 11.2 Å². The van der Waals surface area contributed by atoms with Crippen LogP contribution in [0.5, 0.6) is 5.75 Å². The summed E-state index contributed by atoms with van der Waals surface area (Å²) in [5, 5.41) is 36.3. The zero-order chi connectivity index (χ0) is 19.5. The molecule has 0 fully saturated rings. The van der Waals surface area contributed by atoms with Gasteiger partial charge in [0.05, 0.1) is 25.4 Å². The van der Waals surface area contributed by atoms with Gasteiger partial charge in [-0.2, -0.15) is 0 Å². The Hall–Kier alpha value is -1.67. The molecular weight excluding hydrogens is 328 g/mol. The van der Waals surface area contributed by atoms with Crippen LogP contribution in [0.15, 0.2) is 30.3 Å². The number of carbonyl (C=O) groups is 1. The molecule has 1 atom stereocenters. The molecule has 0 aliphatic heterocycles. The standard InChI is InChI=1S/C15H24O5.C3H6O2/c1-14(2,3)20-13(15(9-16,10-17)11-18)19-12-7-5-4-6-8-12;1-2-3(4)5/h4-8,13,16-18H,9-11H2,1-3H3;2H2,1H3,(H,4,5). The molecule has 0 spiro atoms. The lowest BCUT2D eigenvalue weighted by Crippen LogP contribution is -2.52. The van der Waals surface area contributed by atoms with Crippen LogP contribution in [0.4, 0.5) is 0 Å². The Morgan fingerprint density at radius 2 is 1.48 bits per heavy atom. The van der Waals surface area contributed by atoms with E-state index in [2.05, 4.69) is 0 Å². The van der Waals surface area contributed by atoms with E-state index in [1.54, 1.807) is 19.1 Å². The lowest BCUT2D eigenvalue weighted by molar-refractivity contribution is -0.236. The van der Waals surface area contributed by atoms with Gasteiger partial charge in [0, 0.05) is 6.42 Å². The normalized spacial score (nSPS) is 12.8. The van der Waals surface area contributed by atoms with E-state index < -0.39 is 43.1 Å². The van der Waals surface area contributed by atoms with E-state index in [9.17, 15) is 20.1 Å². The quantitative estimate of drug-likeness (QED) is 0.522. The maximum Gasteiger partial charge on any atom is 0.303 e. The molecule has 0 aliphatic rings. The minimum absolute atomic E-state index is 0.222. The van der Waals surface area contributed by atoms with Crippen molar-refractivity contribution in [3.8, 4) is 5.75 Å². The first-order valence-corrected chi connectivity index (χ1v) is 8.08. The molecule has 0 heterocycles. The van der Waals surface area contributed by atoms with E-state index in [0.29, 0.717) is 5.75 Å². The third kappa shape index (κ3) is 8.83. The summed E-state index contributed by atoms with van der Waals surface area (Å²) in [7, 11) is 0. The number of aliphatic carboxylic acids is 1. The van der Waals surface area contributed by atoms with Crippen LogP contribution in [0.2, 0.25) is 0 Å². The second-order valence-corrected chi connectivity index (χ2v) is 6.58. The van der Waals surface area contributed by atoms with Gasteiger partial charge in [0.25, 0.3) is 0 Å². The SMILES string of the molecule is CC(C)(C)OC(Oc1ccccc1)C(CO)(CO)CO.CCC(=O)O. The van der Waals surface area contributed by atoms with Gasteiger partial charge in [0.2, 0.25) is 6.29 Å². The van der Waals surface area contributed by atoms with E-state index in [4.69, 9.17) is 14.6 Å². The highest BCUT2D eigenvalue weighted by Gasteiger charge is 2.42. The number of benzene rings is 1. The van der Waals surface area contributed by atoms with Gasteiger partial charge < -0.3 is 29.9 Å². The van der Waals surface area contributed by atoms with Crippen LogP contribution in [0, 0.1) is 5.41 Å². The lowest BCUT2D eigenvalue weighted by Gasteiger charge is -2.39. The fourth-order valence-corrected chi connectivity index (χ4v) is 1.59. The fourth-order valence-electron chi connectivity index (χ4n) is 1.59. The smallest absolute Gasteiger partial charge is 0.303 e. The van der Waals surface area contributed by atoms with Crippen LogP contribution in [-0.4, -0.2) is 58.1 Å². The number of carboxylic acid groups (broad SMARTS) is 1. The first-order valence-electron chi connectivity index (χ1n) is 8.08. The average molecular weight is 358 g/mol. The molecule has 1 unspecified atom stereocenters. The maximum absolute atomic E-state index is 9.54. The van der Waals surface area contributed by atoms with Gasteiger partial charge in [-0.25, -0.2) is 0 Å². The minimum Gasteiger partial charge on any atom is -0.481 e. The molecule has 1 aromatic carbocycles. The summed E-state index contributed by atoms with van der Waals surface area (Å²) in [5.41, 5.74) is -1.83. The maximum atomic E-state index is 9.54. The largest absolute Gasteiger partial charge is 0.481 e. The topological polar surface area (TPSA) is 116 Å². The third-order valence-electron chi connectivity index (χ3n) is 3.19. The molecule has 144 valence electrons. The van der Waals surface area contributed by atoms with Crippen molar-refractivity contribution in [1.82, 2.24) is 0 Å². The van der Waals surface area contributed by atoms with Gasteiger partial charge in [0.15, 0.2) is 0 Å². The van der Waals surface area contributed by atoms with E-state index >= 15 is 0 Å². The van der Waals surface area contributed by atoms with E-state index in [1.807, 2.05) is 39.0 Å². The number of carboxylic acids is 1. The molecule has 1 aromatic rings. The van der Waals surface area contributed by atoms with Crippen molar-refractivity contribution in [1.29, 1.82) is 0 Å². The van der Waals surface area contributed by atoms with Gasteiger partial charge in [-0.1, -0.05) is 25.1 Å². The van der Waals surface area contributed by atoms with E-state index in [-0.39, 0.29) is 6.42 Å². The Bertz CT molecular complexity index is 470. The number of ether oxygens (including phenoxy) is 2. The van der Waals surface area contributed by atoms with Crippen molar-refractivity contribution in [3.63, 3.8) is 0 Å². The van der Waals surface area contributed by atoms with Crippen LogP contribution in [0.3, 0.4) is 0 Å². The van der Waals surface area contributed by atoms with Crippen molar-refractivity contribution in [3.05, 3.63) is 30.3 Å². The summed E-state index contributed by atoms with van der Waals surface area (Å²) < 4.78 is 11.5. The molecule has 0 saturated heterocycles. The first-order chi connectivity index (χ1) is 11.6. The average Bonchev–Trinajstić information content (AvgIpc) is 2.57. The van der Waals surface area contributed by atoms with Crippen LogP contribution >= 0.6 is 0 Å². The molecule has 0 saturated carbocycles. The summed E-state index contributed by atoms with van der Waals surface area (Å²) in [4.78, 5) is 9.37. The summed E-state index contributed by atoms with van der Waals surface area (Å²) in [6.07, 6.45) is -0.745. The Morgan fingerprint density at radius 1 is 1.04 bits per heavy atom. The van der Waals surface area contributed by atoms with E-state index in [1.165, 1.54) is 0 Å². The van der Waals surface area contributed by atoms with Crippen molar-refractivity contribution in [2.24, 2.45) is 5.41 Å². The highest BCUT2D eigenvalue weighted by atomic mass is 16.7. The molecule has 0 amide bonds. The van der Waals surface area contributed by atoms with Gasteiger partial charge >= 0.3 is 5.97 Å². The van der Waals surface area contributed by atoms with Crippen molar-refractivity contribution in [2.45, 2.75) is 46.0 Å². The van der Waals surface area contributed by atoms with Gasteiger partial charge in [-0.05, 0) is 32.9 Å². The molecule has 4 N–H and O–H groups in total. The monoisotopic (exact) mass is 358 g/mol. The Balaban J connectivity index is 0.00000101. The zero-order valence-electron chi connectivity index (χ0n) is 15.3. The second kappa shape index (κ2) is 11.0. The van der Waals surface area contributed by atoms with E-state index in [0.717, 1.165) is 0 Å². The molecule has 0 radical (unpaired) electrons. The predicted molar refractivity (Wildman–Crippen MR) is 93.3 cm³/mol. The number of aliphatic hydroxyl groups excluding tert-OH is 3. The molecule has 7 nitrogen and oxygen atoms in total. The Morgan fingerprint density at radius 3 is 1.80 bits per heavy atom. The Labute approximate surface area is 148 Å². The highest BCUT2D eigenvalue weighted by molar-refractivity contribution is 5.66. The summed E-state index contributed by atoms with van der Waals surface area (Å²) in [6.45, 7) is 5.76. The van der Waals surface area contributed by atoms with Crippen LogP contribution in [0.1, 0.15) is 34.1 Å². The molecule has 0 aromatic heterocycles. The lowest BCUT2D eigenvalue weighted by atomic mass is 9.89. The highest BCUT2D eigenvalue weighted by Crippen LogP contribution is 2.29. The van der Waals surface area contributed by atoms with Crippen molar-refractivity contribution >= 4 is 5.97 Å². The minimum atomic E-state index is -1.27. The molecule has 0 bridgehead atoms. The number of rotatable bonds is 8. The fraction of sp³-hybridized carbons (Fsp3) is 0.611. The van der Waals surface area contributed by atoms with Crippen LogP contribution in [-0.2, 0) is 9.53 Å². The van der Waals surface area contributed by atoms with Gasteiger partial charge in [-0.3, -0.25) is 4.79 Å². The molecule has 0 aliphatic carbocycles. The van der Waals surface area contributed by atoms with Gasteiger partial charge in [-0.15, -0.1) is 0 Å². The summed E-state index contributed by atoms with van der Waals surface area (Å²) in [6, 6.07) is 8.96. The molecule has 1 rings (SSSR count). The number of hydrogen-bond donors (Lipinski definition) is 4. The number of para-hydroxylation sites is 1. The molecular formula is C18H30O7. The van der Waals surface area contributed by atoms with Crippen molar-refractivity contribution < 1.29 is 34.7 Å². The summed E-state index contributed by atoms with van der Waals surface area (Å²) >= 11 is 0. The first kappa shape index (κ1) is 23.3. The zero-order valence-corrected chi connectivity index (χ0v) is 15.3. The van der Waals surface area contributed by atoms with Crippen LogP contribution in [0.25, 0.3) is 0 Å². The number of aliphatic hydroxyl groups is 3. The van der Waals surface area contributed by atoms with Crippen molar-refractivity contribution in [2.75, 3.05) is 19.8 Å².